The normalized spacial score (nSPS) is 13.0. The highest BCUT2D eigenvalue weighted by Crippen LogP contribution is 1.97. The molecule has 0 radical (unpaired) electrons. The van der Waals surface area contributed by atoms with Crippen molar-refractivity contribution < 1.29 is 5.11 Å². The zero-order valence-electron chi connectivity index (χ0n) is 9.61. The van der Waals surface area contributed by atoms with Crippen LogP contribution in [-0.2, 0) is 6.54 Å². The molecule has 1 atom stereocenters. The van der Waals surface area contributed by atoms with E-state index in [0.29, 0.717) is 6.04 Å². The number of rotatable bonds is 7. The van der Waals surface area contributed by atoms with Crippen LogP contribution in [0.15, 0.2) is 12.4 Å². The largest absolute Gasteiger partial charge is 0.396 e. The van der Waals surface area contributed by atoms with Gasteiger partial charge in [0.25, 0.3) is 0 Å². The van der Waals surface area contributed by atoms with E-state index in [4.69, 9.17) is 5.11 Å². The van der Waals surface area contributed by atoms with Crippen LogP contribution in [0.5, 0.6) is 0 Å². The Morgan fingerprint density at radius 2 is 2.40 bits per heavy atom. The van der Waals surface area contributed by atoms with Crippen LogP contribution in [0.3, 0.4) is 0 Å². The number of hydrogen-bond donors (Lipinski definition) is 2. The summed E-state index contributed by atoms with van der Waals surface area (Å²) >= 11 is 0. The third kappa shape index (κ3) is 4.01. The monoisotopic (exact) mass is 211 g/mol. The Kier molecular flexibility index (Phi) is 5.36. The summed E-state index contributed by atoms with van der Waals surface area (Å²) in [4.78, 5) is 4.17. The zero-order valence-corrected chi connectivity index (χ0v) is 9.61. The van der Waals surface area contributed by atoms with E-state index < -0.39 is 0 Å². The molecule has 0 fully saturated rings. The second-order valence-corrected chi connectivity index (χ2v) is 3.74. The molecule has 0 aromatic carbocycles. The van der Waals surface area contributed by atoms with Gasteiger partial charge in [-0.2, -0.15) is 0 Å². The van der Waals surface area contributed by atoms with Crippen molar-refractivity contribution in [3.63, 3.8) is 0 Å². The van der Waals surface area contributed by atoms with Gasteiger partial charge in [0.2, 0.25) is 0 Å². The van der Waals surface area contributed by atoms with Gasteiger partial charge in [-0.3, -0.25) is 0 Å². The lowest BCUT2D eigenvalue weighted by molar-refractivity contribution is 0.261. The smallest absolute Gasteiger partial charge is 0.105 e. The van der Waals surface area contributed by atoms with Crippen LogP contribution in [0.1, 0.15) is 25.6 Å². The lowest BCUT2D eigenvalue weighted by atomic mass is 10.1. The van der Waals surface area contributed by atoms with Gasteiger partial charge in [-0.25, -0.2) is 4.98 Å². The van der Waals surface area contributed by atoms with E-state index in [-0.39, 0.29) is 6.61 Å². The van der Waals surface area contributed by atoms with E-state index >= 15 is 0 Å². The van der Waals surface area contributed by atoms with Crippen molar-refractivity contribution in [1.29, 1.82) is 0 Å². The highest BCUT2D eigenvalue weighted by atomic mass is 16.3. The molecule has 0 spiro atoms. The van der Waals surface area contributed by atoms with Gasteiger partial charge < -0.3 is 15.0 Å². The molecule has 1 aromatic rings. The van der Waals surface area contributed by atoms with Crippen LogP contribution < -0.4 is 5.32 Å². The first kappa shape index (κ1) is 12.2. The van der Waals surface area contributed by atoms with E-state index in [0.717, 1.165) is 31.8 Å². The molecule has 2 N–H and O–H groups in total. The molecule has 0 bridgehead atoms. The molecule has 0 aliphatic carbocycles. The fraction of sp³-hybridized carbons (Fsp3) is 0.727. The predicted octanol–water partition coefficient (Wildman–Crippen LogP) is 0.942. The highest BCUT2D eigenvalue weighted by molar-refractivity contribution is 4.88. The molecule has 0 saturated heterocycles. The SMILES string of the molecule is CCC(CCO)NCCn1ccnc1C. The lowest BCUT2D eigenvalue weighted by Gasteiger charge is -2.16. The van der Waals surface area contributed by atoms with Crippen molar-refractivity contribution in [3.8, 4) is 0 Å². The minimum atomic E-state index is 0.260. The third-order valence-electron chi connectivity index (χ3n) is 2.68. The van der Waals surface area contributed by atoms with Crippen molar-refractivity contribution in [1.82, 2.24) is 14.9 Å². The van der Waals surface area contributed by atoms with Crippen LogP contribution in [-0.4, -0.2) is 33.9 Å². The molecule has 0 aliphatic heterocycles. The van der Waals surface area contributed by atoms with E-state index in [1.165, 1.54) is 0 Å². The van der Waals surface area contributed by atoms with Crippen molar-refractivity contribution in [2.45, 2.75) is 39.3 Å². The molecule has 1 unspecified atom stereocenters. The molecule has 4 heteroatoms. The molecule has 15 heavy (non-hydrogen) atoms. The molecule has 1 aromatic heterocycles. The Labute approximate surface area is 91.3 Å². The Balaban J connectivity index is 2.23. The van der Waals surface area contributed by atoms with Crippen molar-refractivity contribution in [3.05, 3.63) is 18.2 Å². The molecule has 1 rings (SSSR count). The number of nitrogens with one attached hydrogen (secondary N) is 1. The third-order valence-corrected chi connectivity index (χ3v) is 2.68. The van der Waals surface area contributed by atoms with Gasteiger partial charge in [-0.05, 0) is 19.8 Å². The van der Waals surface area contributed by atoms with Gasteiger partial charge in [-0.15, -0.1) is 0 Å². The van der Waals surface area contributed by atoms with Crippen LogP contribution in [0.2, 0.25) is 0 Å². The quantitative estimate of drug-likeness (QED) is 0.706. The Bertz CT molecular complexity index is 273. The van der Waals surface area contributed by atoms with Crippen LogP contribution in [0, 0.1) is 6.92 Å². The van der Waals surface area contributed by atoms with Crippen molar-refractivity contribution in [2.75, 3.05) is 13.2 Å². The predicted molar refractivity (Wildman–Crippen MR) is 60.7 cm³/mol. The van der Waals surface area contributed by atoms with Gasteiger partial charge >= 0.3 is 0 Å². The molecule has 86 valence electrons. The average molecular weight is 211 g/mol. The Morgan fingerprint density at radius 3 is 2.93 bits per heavy atom. The van der Waals surface area contributed by atoms with E-state index in [9.17, 15) is 0 Å². The Morgan fingerprint density at radius 1 is 1.60 bits per heavy atom. The first-order chi connectivity index (χ1) is 7.27. The highest BCUT2D eigenvalue weighted by Gasteiger charge is 2.04. The van der Waals surface area contributed by atoms with Gasteiger partial charge in [0.05, 0.1) is 0 Å². The summed E-state index contributed by atoms with van der Waals surface area (Å²) in [5.74, 6) is 1.05. The topological polar surface area (TPSA) is 50.1 Å². The standard InChI is InChI=1S/C11H21N3O/c1-3-11(4-9-15)13-6-8-14-7-5-12-10(14)2/h5,7,11,13,15H,3-4,6,8-9H2,1-2H3. The summed E-state index contributed by atoms with van der Waals surface area (Å²) in [6, 6.07) is 0.429. The first-order valence-corrected chi connectivity index (χ1v) is 5.60. The summed E-state index contributed by atoms with van der Waals surface area (Å²) in [6.07, 6.45) is 5.70. The molecular formula is C11H21N3O. The summed E-state index contributed by atoms with van der Waals surface area (Å²) in [5, 5.41) is 12.3. The summed E-state index contributed by atoms with van der Waals surface area (Å²) in [6.45, 7) is 6.26. The summed E-state index contributed by atoms with van der Waals surface area (Å²) < 4.78 is 2.12. The van der Waals surface area contributed by atoms with Gasteiger partial charge in [-0.1, -0.05) is 6.92 Å². The van der Waals surface area contributed by atoms with Gasteiger partial charge in [0.15, 0.2) is 0 Å². The molecule has 0 saturated carbocycles. The fourth-order valence-corrected chi connectivity index (χ4v) is 1.64. The number of hydrogen-bond acceptors (Lipinski definition) is 3. The van der Waals surface area contributed by atoms with E-state index in [1.54, 1.807) is 0 Å². The van der Waals surface area contributed by atoms with Crippen LogP contribution in [0.25, 0.3) is 0 Å². The average Bonchev–Trinajstić information content (AvgIpc) is 2.63. The maximum absolute atomic E-state index is 8.84. The number of aliphatic hydroxyl groups excluding tert-OH is 1. The second-order valence-electron chi connectivity index (χ2n) is 3.74. The zero-order chi connectivity index (χ0) is 11.1. The molecule has 4 nitrogen and oxygen atoms in total. The Hall–Kier alpha value is -0.870. The minimum absolute atomic E-state index is 0.260. The fourth-order valence-electron chi connectivity index (χ4n) is 1.64. The number of aliphatic hydroxyl groups is 1. The maximum Gasteiger partial charge on any atom is 0.105 e. The summed E-state index contributed by atoms with van der Waals surface area (Å²) in [5.41, 5.74) is 0. The maximum atomic E-state index is 8.84. The number of aromatic nitrogens is 2. The number of aryl methyl sites for hydroxylation is 1. The number of imidazole rings is 1. The lowest BCUT2D eigenvalue weighted by Crippen LogP contribution is -2.32. The van der Waals surface area contributed by atoms with Crippen molar-refractivity contribution >= 4 is 0 Å². The van der Waals surface area contributed by atoms with Crippen molar-refractivity contribution in [2.24, 2.45) is 0 Å². The van der Waals surface area contributed by atoms with Crippen LogP contribution in [0.4, 0.5) is 0 Å². The first-order valence-electron chi connectivity index (χ1n) is 5.60. The van der Waals surface area contributed by atoms with Crippen LogP contribution >= 0.6 is 0 Å². The van der Waals surface area contributed by atoms with Gasteiger partial charge in [0, 0.05) is 38.1 Å². The van der Waals surface area contributed by atoms with E-state index in [1.807, 2.05) is 19.3 Å². The summed E-state index contributed by atoms with van der Waals surface area (Å²) in [7, 11) is 0. The molecule has 0 aliphatic rings. The second kappa shape index (κ2) is 6.58. The number of nitrogens with zero attached hydrogens (tertiary/aromatic N) is 2. The molecule has 1 heterocycles. The van der Waals surface area contributed by atoms with Gasteiger partial charge in [0.1, 0.15) is 5.82 Å². The molecular weight excluding hydrogens is 190 g/mol. The minimum Gasteiger partial charge on any atom is -0.396 e. The molecule has 0 amide bonds. The van der Waals surface area contributed by atoms with E-state index in [2.05, 4.69) is 21.8 Å².